The summed E-state index contributed by atoms with van der Waals surface area (Å²) in [5.41, 5.74) is 0. The van der Waals surface area contributed by atoms with Gasteiger partial charge in [-0.3, -0.25) is 9.59 Å². The fourth-order valence-corrected chi connectivity index (χ4v) is 2.66. The number of hydrogen-bond acceptors (Lipinski definition) is 7. The maximum atomic E-state index is 11.2. The van der Waals surface area contributed by atoms with E-state index in [1.54, 1.807) is 0 Å². The number of aliphatic hydroxyl groups is 1. The lowest BCUT2D eigenvalue weighted by Gasteiger charge is -2.00. The van der Waals surface area contributed by atoms with Crippen LogP contribution in [0.25, 0.3) is 0 Å². The number of carbonyl (C=O) groups excluding carboxylic acids is 2. The molecule has 1 rings (SSSR count). The summed E-state index contributed by atoms with van der Waals surface area (Å²) < 4.78 is 0.479. The third-order valence-electron chi connectivity index (χ3n) is 1.53. The van der Waals surface area contributed by atoms with E-state index >= 15 is 0 Å². The Balaban J connectivity index is 2.82. The zero-order chi connectivity index (χ0) is 13.0. The molecule has 92 valence electrons. The first-order valence-electron chi connectivity index (χ1n) is 4.60. The Kier molecular flexibility index (Phi) is 4.64. The lowest BCUT2D eigenvalue weighted by Crippen LogP contribution is -2.04. The lowest BCUT2D eigenvalue weighted by atomic mass is 10.4. The van der Waals surface area contributed by atoms with Gasteiger partial charge in [0.15, 0.2) is 10.1 Å². The van der Waals surface area contributed by atoms with Gasteiger partial charge < -0.3 is 10.4 Å². The van der Waals surface area contributed by atoms with Crippen molar-refractivity contribution in [2.45, 2.75) is 25.1 Å². The van der Waals surface area contributed by atoms with Crippen molar-refractivity contribution in [3.8, 4) is 0 Å². The summed E-state index contributed by atoms with van der Waals surface area (Å²) in [4.78, 5) is 22.2. The van der Waals surface area contributed by atoms with Crippen molar-refractivity contribution in [2.75, 3.05) is 5.32 Å². The van der Waals surface area contributed by atoms with Crippen molar-refractivity contribution < 1.29 is 14.7 Å². The van der Waals surface area contributed by atoms with Crippen molar-refractivity contribution in [1.29, 1.82) is 0 Å². The highest BCUT2D eigenvalue weighted by Crippen LogP contribution is 2.32. The molecule has 0 aliphatic carbocycles. The van der Waals surface area contributed by atoms with Crippen LogP contribution < -0.4 is 5.32 Å². The van der Waals surface area contributed by atoms with E-state index in [0.29, 0.717) is 9.47 Å². The Morgan fingerprint density at radius 2 is 1.94 bits per heavy atom. The Labute approximate surface area is 106 Å². The molecule has 1 amide bonds. The second kappa shape index (κ2) is 5.78. The Morgan fingerprint density at radius 1 is 1.29 bits per heavy atom. The summed E-state index contributed by atoms with van der Waals surface area (Å²) in [6.45, 7) is 4.16. The quantitative estimate of drug-likeness (QED) is 0.377. The van der Waals surface area contributed by atoms with Crippen LogP contribution in [0.5, 0.6) is 0 Å². The molecule has 17 heavy (non-hydrogen) atoms. The molecular formula is C9H11N3O3S2. The van der Waals surface area contributed by atoms with Crippen molar-refractivity contribution >= 4 is 39.9 Å². The standard InChI is InChI=1S/C9H11N3O3S2/c1-4(13)7(5(2)14)16-9-12-11-8(17-9)10-6(3)15/h13H,1-3H3,(H,10,11,15). The molecule has 0 aromatic carbocycles. The Bertz CT molecular complexity index is 478. The second-order valence-electron chi connectivity index (χ2n) is 3.13. The van der Waals surface area contributed by atoms with E-state index in [0.717, 1.165) is 23.1 Å². The molecular weight excluding hydrogens is 262 g/mol. The number of rotatable bonds is 4. The minimum Gasteiger partial charge on any atom is -0.511 e. The van der Waals surface area contributed by atoms with E-state index in [9.17, 15) is 14.7 Å². The summed E-state index contributed by atoms with van der Waals surface area (Å²) in [7, 11) is 0. The highest BCUT2D eigenvalue weighted by molar-refractivity contribution is 8.05. The van der Waals surface area contributed by atoms with Crippen molar-refractivity contribution in [3.63, 3.8) is 0 Å². The lowest BCUT2D eigenvalue weighted by molar-refractivity contribution is -0.114. The van der Waals surface area contributed by atoms with Crippen LogP contribution >= 0.6 is 23.1 Å². The Hall–Kier alpha value is -1.41. The largest absolute Gasteiger partial charge is 0.511 e. The molecule has 0 saturated carbocycles. The SMILES string of the molecule is CC(=O)Nc1nnc(SC(C(C)=O)=C(C)O)s1. The number of aliphatic hydroxyl groups excluding tert-OH is 1. The molecule has 0 aliphatic rings. The molecule has 8 heteroatoms. The van der Waals surface area contributed by atoms with Gasteiger partial charge in [0.2, 0.25) is 11.0 Å². The normalized spacial score (nSPS) is 11.9. The Morgan fingerprint density at radius 3 is 2.41 bits per heavy atom. The number of allylic oxidation sites excluding steroid dienone is 2. The topological polar surface area (TPSA) is 92.2 Å². The van der Waals surface area contributed by atoms with Crippen molar-refractivity contribution in [3.05, 3.63) is 10.7 Å². The van der Waals surface area contributed by atoms with E-state index in [1.807, 2.05) is 0 Å². The van der Waals surface area contributed by atoms with Gasteiger partial charge in [0.05, 0.1) is 4.91 Å². The molecule has 0 aliphatic heterocycles. The number of amides is 1. The molecule has 2 N–H and O–H groups in total. The fraction of sp³-hybridized carbons (Fsp3) is 0.333. The molecule has 0 spiro atoms. The zero-order valence-electron chi connectivity index (χ0n) is 9.47. The summed E-state index contributed by atoms with van der Waals surface area (Å²) in [5.74, 6) is -0.538. The molecule has 0 atom stereocenters. The molecule has 0 unspecified atom stereocenters. The second-order valence-corrected chi connectivity index (χ2v) is 5.36. The first-order chi connectivity index (χ1) is 7.90. The van der Waals surface area contributed by atoms with Crippen LogP contribution in [-0.2, 0) is 9.59 Å². The highest BCUT2D eigenvalue weighted by Gasteiger charge is 2.14. The number of aromatic nitrogens is 2. The first kappa shape index (κ1) is 13.7. The average Bonchev–Trinajstić information content (AvgIpc) is 2.59. The number of anilines is 1. The minimum atomic E-state index is -0.244. The van der Waals surface area contributed by atoms with Crippen LogP contribution in [0.1, 0.15) is 20.8 Å². The van der Waals surface area contributed by atoms with Crippen LogP contribution in [0.4, 0.5) is 5.13 Å². The number of Topliss-reactive ketones (excluding diaryl/α,β-unsaturated/α-hetero) is 1. The van der Waals surface area contributed by atoms with Crippen LogP contribution in [0.2, 0.25) is 0 Å². The summed E-state index contributed by atoms with van der Waals surface area (Å²) in [5, 5.41) is 19.7. The van der Waals surface area contributed by atoms with Gasteiger partial charge >= 0.3 is 0 Å². The van der Waals surface area contributed by atoms with E-state index in [4.69, 9.17) is 0 Å². The first-order valence-corrected chi connectivity index (χ1v) is 6.23. The average molecular weight is 273 g/mol. The predicted octanol–water partition coefficient (Wildman–Crippen LogP) is 1.97. The summed E-state index contributed by atoms with van der Waals surface area (Å²) >= 11 is 2.16. The van der Waals surface area contributed by atoms with Crippen molar-refractivity contribution in [1.82, 2.24) is 10.2 Å². The summed E-state index contributed by atoms with van der Waals surface area (Å²) in [6.07, 6.45) is 0. The molecule has 1 heterocycles. The van der Waals surface area contributed by atoms with Gasteiger partial charge in [0.25, 0.3) is 0 Å². The van der Waals surface area contributed by atoms with Gasteiger partial charge in [0.1, 0.15) is 5.76 Å². The van der Waals surface area contributed by atoms with Gasteiger partial charge in [-0.25, -0.2) is 0 Å². The molecule has 0 saturated heterocycles. The zero-order valence-corrected chi connectivity index (χ0v) is 11.1. The number of thioether (sulfide) groups is 1. The molecule has 6 nitrogen and oxygen atoms in total. The van der Waals surface area contributed by atoms with E-state index in [2.05, 4.69) is 15.5 Å². The van der Waals surface area contributed by atoms with Gasteiger partial charge in [-0.05, 0) is 25.6 Å². The van der Waals surface area contributed by atoms with E-state index in [-0.39, 0.29) is 22.4 Å². The summed E-state index contributed by atoms with van der Waals surface area (Å²) in [6, 6.07) is 0. The number of nitrogens with zero attached hydrogens (tertiary/aromatic N) is 2. The van der Waals surface area contributed by atoms with Crippen LogP contribution in [0.15, 0.2) is 15.0 Å². The maximum absolute atomic E-state index is 11.2. The number of ketones is 1. The van der Waals surface area contributed by atoms with Gasteiger partial charge in [-0.2, -0.15) is 0 Å². The predicted molar refractivity (Wildman–Crippen MR) is 66.1 cm³/mol. The maximum Gasteiger partial charge on any atom is 0.223 e. The van der Waals surface area contributed by atoms with Crippen molar-refractivity contribution in [2.24, 2.45) is 0 Å². The van der Waals surface area contributed by atoms with Crippen LogP contribution in [-0.4, -0.2) is 27.0 Å². The minimum absolute atomic E-state index is 0.0567. The van der Waals surface area contributed by atoms with Gasteiger partial charge in [-0.1, -0.05) is 11.3 Å². The molecule has 0 radical (unpaired) electrons. The van der Waals surface area contributed by atoms with E-state index < -0.39 is 0 Å². The third kappa shape index (κ3) is 4.16. The van der Waals surface area contributed by atoms with Gasteiger partial charge in [0, 0.05) is 6.92 Å². The fourth-order valence-electron chi connectivity index (χ4n) is 0.940. The monoisotopic (exact) mass is 273 g/mol. The number of nitrogens with one attached hydrogen (secondary N) is 1. The smallest absolute Gasteiger partial charge is 0.223 e. The molecule has 0 fully saturated rings. The molecule has 1 aromatic rings. The number of carbonyl (C=O) groups is 2. The van der Waals surface area contributed by atoms with E-state index in [1.165, 1.54) is 20.8 Å². The number of hydrogen-bond donors (Lipinski definition) is 2. The van der Waals surface area contributed by atoms with Crippen LogP contribution in [0, 0.1) is 0 Å². The van der Waals surface area contributed by atoms with Gasteiger partial charge in [-0.15, -0.1) is 10.2 Å². The third-order valence-corrected chi connectivity index (χ3v) is 3.70. The van der Waals surface area contributed by atoms with Crippen LogP contribution in [0.3, 0.4) is 0 Å². The molecule has 0 bridgehead atoms. The highest BCUT2D eigenvalue weighted by atomic mass is 32.2. The molecule has 1 aromatic heterocycles.